The van der Waals surface area contributed by atoms with Crippen molar-refractivity contribution in [3.8, 4) is 5.75 Å². The molecule has 0 aliphatic heterocycles. The highest BCUT2D eigenvalue weighted by atomic mass is 19.4. The molecule has 8 heteroatoms. The summed E-state index contributed by atoms with van der Waals surface area (Å²) < 4.78 is 40.6. The van der Waals surface area contributed by atoms with E-state index in [1.54, 1.807) is 14.0 Å². The van der Waals surface area contributed by atoms with Crippen molar-refractivity contribution in [3.63, 3.8) is 0 Å². The second-order valence-corrected chi connectivity index (χ2v) is 4.92. The number of hydrogen-bond donors (Lipinski definition) is 2. The number of carbonyl (C=O) groups is 1. The van der Waals surface area contributed by atoms with Crippen molar-refractivity contribution >= 4 is 11.7 Å². The number of anilines is 1. The number of nitrogens with one attached hydrogen (secondary N) is 1. The Morgan fingerprint density at radius 3 is 2.45 bits per heavy atom. The predicted molar refractivity (Wildman–Crippen MR) is 75.9 cm³/mol. The molecule has 124 valence electrons. The summed E-state index contributed by atoms with van der Waals surface area (Å²) in [7, 11) is 1.58. The molecule has 0 saturated carbocycles. The molecule has 0 aromatic heterocycles. The van der Waals surface area contributed by atoms with Gasteiger partial charge in [-0.05, 0) is 37.6 Å². The van der Waals surface area contributed by atoms with Crippen LogP contribution in [0.4, 0.5) is 23.7 Å². The standard InChI is InChI=1S/C14H19F3N2O3/c1-10(20)7-8-19(2)13(21)18-11-3-5-12(6-4-11)22-9-14(15,16)17/h3-6,10,20H,7-9H2,1-2H3,(H,18,21). The van der Waals surface area contributed by atoms with Gasteiger partial charge in [-0.3, -0.25) is 0 Å². The Bertz CT molecular complexity index is 475. The zero-order valence-electron chi connectivity index (χ0n) is 12.4. The fourth-order valence-electron chi connectivity index (χ4n) is 1.50. The highest BCUT2D eigenvalue weighted by molar-refractivity contribution is 5.89. The molecule has 0 bridgehead atoms. The number of ether oxygens (including phenoxy) is 1. The molecular formula is C14H19F3N2O3. The van der Waals surface area contributed by atoms with Crippen LogP contribution in [0.5, 0.6) is 5.75 Å². The Morgan fingerprint density at radius 1 is 1.36 bits per heavy atom. The molecule has 0 fully saturated rings. The Kier molecular flexibility index (Phi) is 6.48. The minimum atomic E-state index is -4.39. The lowest BCUT2D eigenvalue weighted by molar-refractivity contribution is -0.153. The molecule has 0 saturated heterocycles. The summed E-state index contributed by atoms with van der Waals surface area (Å²) in [5, 5.41) is 11.8. The zero-order valence-corrected chi connectivity index (χ0v) is 12.4. The van der Waals surface area contributed by atoms with Gasteiger partial charge in [0.05, 0.1) is 6.10 Å². The highest BCUT2D eigenvalue weighted by Gasteiger charge is 2.28. The largest absolute Gasteiger partial charge is 0.484 e. The molecule has 1 unspecified atom stereocenters. The summed E-state index contributed by atoms with van der Waals surface area (Å²) in [5.74, 6) is 0.0674. The molecular weight excluding hydrogens is 301 g/mol. The fraction of sp³-hybridized carbons (Fsp3) is 0.500. The Balaban J connectivity index is 2.48. The second-order valence-electron chi connectivity index (χ2n) is 4.92. The fourth-order valence-corrected chi connectivity index (χ4v) is 1.50. The lowest BCUT2D eigenvalue weighted by Gasteiger charge is -2.18. The van der Waals surface area contributed by atoms with Crippen LogP contribution in [0.15, 0.2) is 24.3 Å². The molecule has 0 spiro atoms. The lowest BCUT2D eigenvalue weighted by Crippen LogP contribution is -2.33. The van der Waals surface area contributed by atoms with Gasteiger partial charge < -0.3 is 20.1 Å². The van der Waals surface area contributed by atoms with Gasteiger partial charge in [0.1, 0.15) is 5.75 Å². The van der Waals surface area contributed by atoms with Crippen LogP contribution in [-0.2, 0) is 0 Å². The molecule has 5 nitrogen and oxygen atoms in total. The number of halogens is 3. The van der Waals surface area contributed by atoms with Crippen molar-refractivity contribution in [1.29, 1.82) is 0 Å². The first kappa shape index (κ1) is 18.1. The monoisotopic (exact) mass is 320 g/mol. The summed E-state index contributed by atoms with van der Waals surface area (Å²) in [5.41, 5.74) is 0.438. The molecule has 0 aliphatic carbocycles. The maximum absolute atomic E-state index is 12.0. The smallest absolute Gasteiger partial charge is 0.422 e. The molecule has 1 rings (SSSR count). The van der Waals surface area contributed by atoms with Crippen molar-refractivity contribution in [2.75, 3.05) is 25.5 Å². The molecule has 1 aromatic rings. The van der Waals surface area contributed by atoms with Gasteiger partial charge >= 0.3 is 12.2 Å². The molecule has 1 atom stereocenters. The number of aliphatic hydroxyl groups excluding tert-OH is 1. The summed E-state index contributed by atoms with van der Waals surface area (Å²) in [6.45, 7) is 0.655. The predicted octanol–water partition coefficient (Wildman–Crippen LogP) is 2.86. The van der Waals surface area contributed by atoms with Crippen LogP contribution in [-0.4, -0.2) is 48.5 Å². The summed E-state index contributed by atoms with van der Waals surface area (Å²) in [6.07, 6.45) is -4.44. The van der Waals surface area contributed by atoms with E-state index in [1.807, 2.05) is 0 Å². The van der Waals surface area contributed by atoms with Gasteiger partial charge in [0.2, 0.25) is 0 Å². The maximum atomic E-state index is 12.0. The van der Waals surface area contributed by atoms with Gasteiger partial charge in [0.25, 0.3) is 0 Å². The van der Waals surface area contributed by atoms with E-state index in [9.17, 15) is 18.0 Å². The molecule has 1 aromatic carbocycles. The van der Waals surface area contributed by atoms with E-state index in [-0.39, 0.29) is 11.8 Å². The maximum Gasteiger partial charge on any atom is 0.422 e. The van der Waals surface area contributed by atoms with Crippen LogP contribution in [0.25, 0.3) is 0 Å². The van der Waals surface area contributed by atoms with Crippen molar-refractivity contribution in [2.24, 2.45) is 0 Å². The van der Waals surface area contributed by atoms with Crippen LogP contribution in [0.1, 0.15) is 13.3 Å². The van der Waals surface area contributed by atoms with E-state index >= 15 is 0 Å². The first-order chi connectivity index (χ1) is 10.2. The van der Waals surface area contributed by atoms with Crippen LogP contribution in [0.3, 0.4) is 0 Å². The molecule has 2 N–H and O–H groups in total. The van der Waals surface area contributed by atoms with Gasteiger partial charge in [0.15, 0.2) is 6.61 Å². The average Bonchev–Trinajstić information content (AvgIpc) is 2.43. The molecule has 0 aliphatic rings. The summed E-state index contributed by atoms with van der Waals surface area (Å²) in [6, 6.07) is 5.22. The quantitative estimate of drug-likeness (QED) is 0.847. The van der Waals surface area contributed by atoms with Crippen molar-refractivity contribution in [1.82, 2.24) is 4.90 Å². The summed E-state index contributed by atoms with van der Waals surface area (Å²) >= 11 is 0. The molecule has 22 heavy (non-hydrogen) atoms. The third-order valence-electron chi connectivity index (χ3n) is 2.74. The number of carbonyl (C=O) groups excluding carboxylic acids is 1. The van der Waals surface area contributed by atoms with Crippen LogP contribution in [0.2, 0.25) is 0 Å². The average molecular weight is 320 g/mol. The van der Waals surface area contributed by atoms with E-state index in [2.05, 4.69) is 10.1 Å². The highest BCUT2D eigenvalue weighted by Crippen LogP contribution is 2.20. The third kappa shape index (κ3) is 7.16. The van der Waals surface area contributed by atoms with Crippen LogP contribution < -0.4 is 10.1 Å². The van der Waals surface area contributed by atoms with Crippen molar-refractivity contribution in [2.45, 2.75) is 25.6 Å². The van der Waals surface area contributed by atoms with E-state index in [0.29, 0.717) is 18.7 Å². The number of aliphatic hydroxyl groups is 1. The Morgan fingerprint density at radius 2 is 1.95 bits per heavy atom. The number of alkyl halides is 3. The van der Waals surface area contributed by atoms with Crippen molar-refractivity contribution in [3.05, 3.63) is 24.3 Å². The second kappa shape index (κ2) is 7.88. The lowest BCUT2D eigenvalue weighted by atomic mass is 10.3. The van der Waals surface area contributed by atoms with Gasteiger partial charge in [-0.25, -0.2) is 4.79 Å². The minimum Gasteiger partial charge on any atom is -0.484 e. The summed E-state index contributed by atoms with van der Waals surface area (Å²) in [4.78, 5) is 13.2. The minimum absolute atomic E-state index is 0.0674. The molecule has 0 radical (unpaired) electrons. The number of amides is 2. The topological polar surface area (TPSA) is 61.8 Å². The number of rotatable bonds is 6. The first-order valence-electron chi connectivity index (χ1n) is 6.67. The van der Waals surface area contributed by atoms with Gasteiger partial charge in [0, 0.05) is 19.3 Å². The zero-order chi connectivity index (χ0) is 16.8. The number of urea groups is 1. The normalized spacial score (nSPS) is 12.6. The first-order valence-corrected chi connectivity index (χ1v) is 6.67. The molecule has 2 amide bonds. The number of hydrogen-bond acceptors (Lipinski definition) is 3. The van der Waals surface area contributed by atoms with E-state index < -0.39 is 18.9 Å². The SMILES string of the molecule is CC(O)CCN(C)C(=O)Nc1ccc(OCC(F)(F)F)cc1. The van der Waals surface area contributed by atoms with E-state index in [0.717, 1.165) is 0 Å². The van der Waals surface area contributed by atoms with Gasteiger partial charge in [-0.1, -0.05) is 0 Å². The van der Waals surface area contributed by atoms with Gasteiger partial charge in [-0.15, -0.1) is 0 Å². The number of nitrogens with zero attached hydrogens (tertiary/aromatic N) is 1. The van der Waals surface area contributed by atoms with E-state index in [1.165, 1.54) is 29.2 Å². The third-order valence-corrected chi connectivity index (χ3v) is 2.74. The van der Waals surface area contributed by atoms with Crippen LogP contribution >= 0.6 is 0 Å². The van der Waals surface area contributed by atoms with Crippen molar-refractivity contribution < 1.29 is 27.8 Å². The number of benzene rings is 1. The van der Waals surface area contributed by atoms with E-state index in [4.69, 9.17) is 5.11 Å². The molecule has 0 heterocycles. The van der Waals surface area contributed by atoms with Gasteiger partial charge in [-0.2, -0.15) is 13.2 Å². The Labute approximate surface area is 126 Å². The Hall–Kier alpha value is -1.96. The van der Waals surface area contributed by atoms with Crippen LogP contribution in [0, 0.1) is 0 Å².